The number of fused-ring (bicyclic) bond motifs is 4. The topological polar surface area (TPSA) is 95.9 Å². The number of carbonyl (C=O) groups is 3. The van der Waals surface area contributed by atoms with Crippen molar-refractivity contribution in [1.82, 2.24) is 10.2 Å². The fourth-order valence-electron chi connectivity index (χ4n) is 4.93. The van der Waals surface area contributed by atoms with Gasteiger partial charge in [0.2, 0.25) is 5.91 Å². The van der Waals surface area contributed by atoms with Gasteiger partial charge in [0, 0.05) is 36.3 Å². The Morgan fingerprint density at radius 1 is 1.11 bits per heavy atom. The minimum atomic E-state index is -0.941. The lowest BCUT2D eigenvalue weighted by atomic mass is 9.98. The van der Waals surface area contributed by atoms with Crippen molar-refractivity contribution in [1.29, 1.82) is 0 Å². The molecule has 0 bridgehead atoms. The van der Waals surface area contributed by atoms with Gasteiger partial charge in [-0.1, -0.05) is 48.5 Å². The van der Waals surface area contributed by atoms with Gasteiger partial charge in [-0.25, -0.2) is 9.59 Å². The highest BCUT2D eigenvalue weighted by Gasteiger charge is 2.30. The van der Waals surface area contributed by atoms with Crippen LogP contribution in [-0.2, 0) is 22.5 Å². The van der Waals surface area contributed by atoms with E-state index in [4.69, 9.17) is 4.74 Å². The van der Waals surface area contributed by atoms with Crippen LogP contribution in [-0.4, -0.2) is 47.2 Å². The maximum atomic E-state index is 12.8. The van der Waals surface area contributed by atoms with E-state index in [9.17, 15) is 19.5 Å². The van der Waals surface area contributed by atoms with Crippen molar-refractivity contribution in [2.75, 3.05) is 13.2 Å². The Morgan fingerprint density at radius 3 is 2.43 bits per heavy atom. The predicted molar refractivity (Wildman–Crippen MR) is 133 cm³/mol. The van der Waals surface area contributed by atoms with E-state index >= 15 is 0 Å². The maximum absolute atomic E-state index is 12.8. The van der Waals surface area contributed by atoms with Gasteiger partial charge in [0.05, 0.1) is 0 Å². The average molecular weight is 491 g/mol. The van der Waals surface area contributed by atoms with Crippen molar-refractivity contribution < 1.29 is 24.2 Å². The molecule has 0 saturated carbocycles. The van der Waals surface area contributed by atoms with Crippen LogP contribution in [0.25, 0.3) is 11.1 Å². The van der Waals surface area contributed by atoms with Crippen molar-refractivity contribution in [3.05, 3.63) is 81.0 Å². The van der Waals surface area contributed by atoms with E-state index in [1.807, 2.05) is 24.3 Å². The molecule has 35 heavy (non-hydrogen) atoms. The number of aromatic carboxylic acids is 1. The summed E-state index contributed by atoms with van der Waals surface area (Å²) in [6.07, 6.45) is 0.250. The summed E-state index contributed by atoms with van der Waals surface area (Å²) in [5.74, 6) is -1.04. The molecule has 1 atom stereocenters. The average Bonchev–Trinajstić information content (AvgIpc) is 3.42. The van der Waals surface area contributed by atoms with E-state index in [1.54, 1.807) is 17.9 Å². The van der Waals surface area contributed by atoms with E-state index in [0.717, 1.165) is 21.6 Å². The molecule has 1 aliphatic carbocycles. The zero-order chi connectivity index (χ0) is 24.5. The molecule has 180 valence electrons. The first-order chi connectivity index (χ1) is 16.9. The summed E-state index contributed by atoms with van der Waals surface area (Å²) in [5.41, 5.74) is 5.52. The van der Waals surface area contributed by atoms with Crippen LogP contribution in [0.15, 0.2) is 54.6 Å². The first kappa shape index (κ1) is 23.1. The summed E-state index contributed by atoms with van der Waals surface area (Å²) in [4.78, 5) is 39.6. The third-order valence-electron chi connectivity index (χ3n) is 6.62. The fraction of sp³-hybridized carbons (Fsp3) is 0.296. The van der Waals surface area contributed by atoms with Crippen LogP contribution >= 0.6 is 11.3 Å². The number of thiophene rings is 1. The maximum Gasteiger partial charge on any atom is 0.407 e. The van der Waals surface area contributed by atoms with E-state index in [2.05, 4.69) is 29.6 Å². The monoisotopic (exact) mass is 490 g/mol. The van der Waals surface area contributed by atoms with Gasteiger partial charge < -0.3 is 20.1 Å². The number of hydrogen-bond acceptors (Lipinski definition) is 5. The molecule has 1 aliphatic heterocycles. The van der Waals surface area contributed by atoms with E-state index < -0.39 is 18.1 Å². The van der Waals surface area contributed by atoms with Gasteiger partial charge in [0.15, 0.2) is 0 Å². The van der Waals surface area contributed by atoms with Crippen LogP contribution in [0.2, 0.25) is 0 Å². The van der Waals surface area contributed by atoms with Gasteiger partial charge in [-0.05, 0) is 47.2 Å². The zero-order valence-electron chi connectivity index (χ0n) is 19.3. The number of alkyl carbamates (subject to hydrolysis) is 1. The van der Waals surface area contributed by atoms with Crippen LogP contribution in [0.1, 0.15) is 50.5 Å². The zero-order valence-corrected chi connectivity index (χ0v) is 20.1. The summed E-state index contributed by atoms with van der Waals surface area (Å²) in [6, 6.07) is 17.6. The lowest BCUT2D eigenvalue weighted by molar-refractivity contribution is -0.132. The fourth-order valence-corrected chi connectivity index (χ4v) is 5.94. The Morgan fingerprint density at radius 2 is 1.77 bits per heavy atom. The number of hydrogen-bond donors (Lipinski definition) is 2. The van der Waals surface area contributed by atoms with Gasteiger partial charge >= 0.3 is 12.1 Å². The van der Waals surface area contributed by atoms with Crippen molar-refractivity contribution in [3.8, 4) is 11.1 Å². The lowest BCUT2D eigenvalue weighted by Crippen LogP contribution is -2.41. The third kappa shape index (κ3) is 4.66. The minimum absolute atomic E-state index is 0.0195. The van der Waals surface area contributed by atoms with Gasteiger partial charge in [-0.2, -0.15) is 0 Å². The molecule has 0 saturated heterocycles. The summed E-state index contributed by atoms with van der Waals surface area (Å²) in [7, 11) is 0. The molecule has 1 aromatic heterocycles. The van der Waals surface area contributed by atoms with Crippen molar-refractivity contribution >= 4 is 29.3 Å². The van der Waals surface area contributed by atoms with Gasteiger partial charge in [0.1, 0.15) is 11.5 Å². The first-order valence-corrected chi connectivity index (χ1v) is 12.5. The molecule has 0 radical (unpaired) electrons. The molecule has 2 heterocycles. The van der Waals surface area contributed by atoms with Crippen molar-refractivity contribution in [2.45, 2.75) is 38.3 Å². The molecular weight excluding hydrogens is 464 g/mol. The second-order valence-electron chi connectivity index (χ2n) is 9.00. The van der Waals surface area contributed by atoms with Crippen molar-refractivity contribution in [3.63, 3.8) is 0 Å². The largest absolute Gasteiger partial charge is 0.477 e. The number of benzene rings is 2. The molecule has 2 aliphatic rings. The molecule has 8 heteroatoms. The second-order valence-corrected chi connectivity index (χ2v) is 10.1. The number of carbonyl (C=O) groups excluding carboxylic acids is 2. The highest BCUT2D eigenvalue weighted by Crippen LogP contribution is 2.44. The highest BCUT2D eigenvalue weighted by atomic mass is 32.1. The SMILES string of the molecule is C[C@@H](CC(=O)N1CCc2sc(C(=O)O)cc2C1)NC(=O)OCC1c2ccccc2-c2ccccc21. The van der Waals surface area contributed by atoms with E-state index in [-0.39, 0.29) is 24.9 Å². The molecule has 7 nitrogen and oxygen atoms in total. The van der Waals surface area contributed by atoms with E-state index in [1.165, 1.54) is 22.5 Å². The molecule has 2 amide bonds. The van der Waals surface area contributed by atoms with Crippen LogP contribution in [0, 0.1) is 0 Å². The van der Waals surface area contributed by atoms with Crippen LogP contribution in [0.5, 0.6) is 0 Å². The number of carboxylic acid groups (broad SMARTS) is 1. The number of nitrogens with one attached hydrogen (secondary N) is 1. The Hall–Kier alpha value is -3.65. The van der Waals surface area contributed by atoms with Crippen molar-refractivity contribution in [2.24, 2.45) is 0 Å². The van der Waals surface area contributed by atoms with Gasteiger partial charge in [-0.3, -0.25) is 4.79 Å². The molecule has 2 N–H and O–H groups in total. The Bertz CT molecular complexity index is 1250. The number of rotatable bonds is 6. The van der Waals surface area contributed by atoms with Crippen LogP contribution in [0.3, 0.4) is 0 Å². The Kier molecular flexibility index (Phi) is 6.30. The Labute approximate surface area is 207 Å². The molecule has 5 rings (SSSR count). The minimum Gasteiger partial charge on any atom is -0.477 e. The molecule has 3 aromatic rings. The summed E-state index contributed by atoms with van der Waals surface area (Å²) in [6.45, 7) is 2.94. The molecular formula is C27H26N2O5S. The predicted octanol–water partition coefficient (Wildman–Crippen LogP) is 4.65. The summed E-state index contributed by atoms with van der Waals surface area (Å²) >= 11 is 1.28. The smallest absolute Gasteiger partial charge is 0.407 e. The van der Waals surface area contributed by atoms with E-state index in [0.29, 0.717) is 24.4 Å². The van der Waals surface area contributed by atoms with Crippen LogP contribution in [0.4, 0.5) is 4.79 Å². The van der Waals surface area contributed by atoms with Crippen LogP contribution < -0.4 is 5.32 Å². The normalized spacial score (nSPS) is 15.1. The third-order valence-corrected chi connectivity index (χ3v) is 7.84. The molecule has 0 fully saturated rings. The Balaban J connectivity index is 1.14. The molecule has 0 spiro atoms. The number of amides is 2. The van der Waals surface area contributed by atoms with Gasteiger partial charge in [-0.15, -0.1) is 11.3 Å². The summed E-state index contributed by atoms with van der Waals surface area (Å²) in [5, 5.41) is 12.0. The lowest BCUT2D eigenvalue weighted by Gasteiger charge is -2.28. The van der Waals surface area contributed by atoms with Gasteiger partial charge in [0.25, 0.3) is 0 Å². The number of carboxylic acids is 1. The summed E-state index contributed by atoms with van der Waals surface area (Å²) < 4.78 is 5.58. The number of nitrogens with zero attached hydrogens (tertiary/aromatic N) is 1. The first-order valence-electron chi connectivity index (χ1n) is 11.6. The number of ether oxygens (including phenoxy) is 1. The highest BCUT2D eigenvalue weighted by molar-refractivity contribution is 7.14. The quantitative estimate of drug-likeness (QED) is 0.525. The standard InChI is InChI=1S/C27H26N2O5S/c1-16(12-25(30)29-11-10-23-17(14-29)13-24(35-23)26(31)32)28-27(33)34-15-22-20-8-4-2-6-18(20)19-7-3-5-9-21(19)22/h2-9,13,16,22H,10-12,14-15H2,1H3,(H,28,33)(H,31,32)/t16-/m0/s1. The molecule has 0 unspecified atom stereocenters. The molecule has 2 aromatic carbocycles. The second kappa shape index (κ2) is 9.54.